The molecule has 0 radical (unpaired) electrons. The highest BCUT2D eigenvalue weighted by molar-refractivity contribution is 5.89. The zero-order valence-electron chi connectivity index (χ0n) is 13.9. The lowest BCUT2D eigenvalue weighted by molar-refractivity contribution is 0.289. The van der Waals surface area contributed by atoms with Gasteiger partial charge in [-0.2, -0.15) is 0 Å². The van der Waals surface area contributed by atoms with Crippen molar-refractivity contribution in [2.45, 2.75) is 19.8 Å². The highest BCUT2D eigenvalue weighted by Crippen LogP contribution is 2.51. The smallest absolute Gasteiger partial charge is 0.232 e. The minimum absolute atomic E-state index is 0.661. The number of azo groups is 1. The number of aryl methyl sites for hydroxylation is 1. The highest BCUT2D eigenvalue weighted by atomic mass is 16.5. The van der Waals surface area contributed by atoms with Crippen molar-refractivity contribution in [3.05, 3.63) is 59.9 Å². The number of hydrogen-bond acceptors (Lipinski definition) is 5. The molecule has 3 aromatic rings. The number of para-hydroxylation sites is 1. The summed E-state index contributed by atoms with van der Waals surface area (Å²) in [7, 11) is 0. The molecular weight excluding hydrogens is 314 g/mol. The van der Waals surface area contributed by atoms with Gasteiger partial charge in [0.25, 0.3) is 0 Å². The molecule has 5 rings (SSSR count). The Morgan fingerprint density at radius 2 is 1.84 bits per heavy atom. The number of hydrogen-bond donors (Lipinski definition) is 0. The predicted octanol–water partition coefficient (Wildman–Crippen LogP) is 6.11. The van der Waals surface area contributed by atoms with Crippen LogP contribution in [0.5, 0.6) is 5.75 Å². The first-order chi connectivity index (χ1) is 12.3. The van der Waals surface area contributed by atoms with Gasteiger partial charge in [0.1, 0.15) is 17.1 Å². The Hall–Kier alpha value is -3.08. The van der Waals surface area contributed by atoms with Crippen LogP contribution in [0.25, 0.3) is 0 Å². The Bertz CT molecular complexity index is 990. The number of furan rings is 1. The van der Waals surface area contributed by atoms with Crippen molar-refractivity contribution >= 4 is 28.6 Å². The summed E-state index contributed by atoms with van der Waals surface area (Å²) < 4.78 is 11.9. The lowest BCUT2D eigenvalue weighted by Gasteiger charge is -2.29. The summed E-state index contributed by atoms with van der Waals surface area (Å²) in [6.07, 6.45) is 3.72. The summed E-state index contributed by atoms with van der Waals surface area (Å²) in [5.74, 6) is 1.60. The Kier molecular flexibility index (Phi) is 3.13. The number of nitrogens with zero attached hydrogens (tertiary/aromatic N) is 3. The fraction of sp³-hybridized carbons (Fsp3) is 0.200. The van der Waals surface area contributed by atoms with Gasteiger partial charge in [-0.15, -0.1) is 10.2 Å². The van der Waals surface area contributed by atoms with Crippen LogP contribution in [0.4, 0.5) is 28.6 Å². The van der Waals surface area contributed by atoms with Crippen LogP contribution < -0.4 is 9.64 Å². The van der Waals surface area contributed by atoms with E-state index in [1.165, 1.54) is 11.1 Å². The summed E-state index contributed by atoms with van der Waals surface area (Å²) in [6.45, 7) is 2.87. The van der Waals surface area contributed by atoms with Crippen LogP contribution >= 0.6 is 0 Å². The number of rotatable bonds is 1. The Balaban J connectivity index is 1.80. The van der Waals surface area contributed by atoms with Crippen LogP contribution in [-0.4, -0.2) is 6.61 Å². The molecule has 2 aliphatic rings. The molecule has 0 amide bonds. The fourth-order valence-electron chi connectivity index (χ4n) is 3.52. The van der Waals surface area contributed by atoms with E-state index in [4.69, 9.17) is 9.15 Å². The van der Waals surface area contributed by atoms with E-state index in [1.807, 2.05) is 30.3 Å². The summed E-state index contributed by atoms with van der Waals surface area (Å²) in [4.78, 5) is 2.06. The van der Waals surface area contributed by atoms with E-state index in [0.717, 1.165) is 42.3 Å². The first kappa shape index (κ1) is 14.3. The topological polar surface area (TPSA) is 50.3 Å². The van der Waals surface area contributed by atoms with E-state index in [2.05, 4.69) is 34.2 Å². The molecule has 5 nitrogen and oxygen atoms in total. The van der Waals surface area contributed by atoms with Crippen molar-refractivity contribution in [3.8, 4) is 5.75 Å². The lowest BCUT2D eigenvalue weighted by Crippen LogP contribution is -2.16. The molecule has 3 heterocycles. The van der Waals surface area contributed by atoms with E-state index < -0.39 is 0 Å². The standard InChI is InChI=1S/C20H17N3O2/c1-13-8-9-18(19-14(13)5-4-11-24-19)23-17-7-3-2-6-15(17)21-22-16-10-12-25-20(16)23/h2-3,6-10,12H,4-5,11H2,1H3. The van der Waals surface area contributed by atoms with Gasteiger partial charge >= 0.3 is 0 Å². The molecule has 0 atom stereocenters. The van der Waals surface area contributed by atoms with Gasteiger partial charge in [-0.05, 0) is 49.1 Å². The van der Waals surface area contributed by atoms with Gasteiger partial charge in [0.15, 0.2) is 0 Å². The van der Waals surface area contributed by atoms with Gasteiger partial charge in [-0.3, -0.25) is 4.90 Å². The molecule has 5 heteroatoms. The van der Waals surface area contributed by atoms with Crippen molar-refractivity contribution in [3.63, 3.8) is 0 Å². The van der Waals surface area contributed by atoms with Crippen LogP contribution in [0.2, 0.25) is 0 Å². The molecule has 0 spiro atoms. The van der Waals surface area contributed by atoms with E-state index in [0.29, 0.717) is 11.6 Å². The number of benzene rings is 2. The van der Waals surface area contributed by atoms with Gasteiger partial charge in [0.05, 0.1) is 24.2 Å². The van der Waals surface area contributed by atoms with E-state index in [9.17, 15) is 0 Å². The second-order valence-electron chi connectivity index (χ2n) is 6.30. The normalized spacial score (nSPS) is 15.0. The third-order valence-electron chi connectivity index (χ3n) is 4.75. The monoisotopic (exact) mass is 331 g/mol. The number of anilines is 3. The molecule has 0 N–H and O–H groups in total. The van der Waals surface area contributed by atoms with E-state index in [1.54, 1.807) is 6.26 Å². The molecule has 0 saturated carbocycles. The fourth-order valence-corrected chi connectivity index (χ4v) is 3.52. The summed E-state index contributed by atoms with van der Waals surface area (Å²) in [5, 5.41) is 8.73. The SMILES string of the molecule is Cc1ccc(N2c3ccccc3N=Nc3ccoc32)c2c1CCCO2. The molecule has 0 bridgehead atoms. The molecule has 0 saturated heterocycles. The maximum absolute atomic E-state index is 6.09. The molecule has 124 valence electrons. The van der Waals surface area contributed by atoms with Crippen LogP contribution in [0.15, 0.2) is 63.4 Å². The van der Waals surface area contributed by atoms with Gasteiger partial charge in [0, 0.05) is 6.07 Å². The molecule has 0 aliphatic carbocycles. The number of ether oxygens (including phenoxy) is 1. The van der Waals surface area contributed by atoms with Crippen LogP contribution in [-0.2, 0) is 6.42 Å². The minimum atomic E-state index is 0.661. The molecule has 1 aromatic heterocycles. The first-order valence-electron chi connectivity index (χ1n) is 8.46. The predicted molar refractivity (Wildman–Crippen MR) is 96.1 cm³/mol. The van der Waals surface area contributed by atoms with Gasteiger partial charge in [-0.1, -0.05) is 18.2 Å². The Labute approximate surface area is 145 Å². The summed E-state index contributed by atoms with van der Waals surface area (Å²) in [5.41, 5.74) is 5.94. The zero-order valence-corrected chi connectivity index (χ0v) is 13.9. The van der Waals surface area contributed by atoms with E-state index in [-0.39, 0.29) is 0 Å². The maximum Gasteiger partial charge on any atom is 0.232 e. The molecular formula is C20H17N3O2. The lowest BCUT2D eigenvalue weighted by atomic mass is 9.99. The van der Waals surface area contributed by atoms with Crippen molar-refractivity contribution in [1.82, 2.24) is 0 Å². The Morgan fingerprint density at radius 3 is 2.80 bits per heavy atom. The number of fused-ring (bicyclic) bond motifs is 3. The quantitative estimate of drug-likeness (QED) is 0.423. The largest absolute Gasteiger partial charge is 0.491 e. The van der Waals surface area contributed by atoms with Crippen LogP contribution in [0.1, 0.15) is 17.5 Å². The first-order valence-corrected chi connectivity index (χ1v) is 8.46. The second-order valence-corrected chi connectivity index (χ2v) is 6.30. The summed E-state index contributed by atoms with van der Waals surface area (Å²) >= 11 is 0. The van der Waals surface area contributed by atoms with E-state index >= 15 is 0 Å². The van der Waals surface area contributed by atoms with Crippen molar-refractivity contribution in [1.29, 1.82) is 0 Å². The molecule has 2 aromatic carbocycles. The Morgan fingerprint density at radius 1 is 0.960 bits per heavy atom. The van der Waals surface area contributed by atoms with Gasteiger partial charge < -0.3 is 9.15 Å². The van der Waals surface area contributed by atoms with Gasteiger partial charge in [0.2, 0.25) is 5.88 Å². The average Bonchev–Trinajstić information content (AvgIpc) is 3.06. The third kappa shape index (κ3) is 2.16. The molecule has 0 unspecified atom stereocenters. The molecule has 2 aliphatic heterocycles. The highest BCUT2D eigenvalue weighted by Gasteiger charge is 2.29. The zero-order chi connectivity index (χ0) is 16.8. The minimum Gasteiger partial charge on any atom is -0.491 e. The second kappa shape index (κ2) is 5.48. The van der Waals surface area contributed by atoms with Gasteiger partial charge in [-0.25, -0.2) is 0 Å². The van der Waals surface area contributed by atoms with Crippen molar-refractivity contribution in [2.24, 2.45) is 10.2 Å². The third-order valence-corrected chi connectivity index (χ3v) is 4.75. The maximum atomic E-state index is 6.09. The van der Waals surface area contributed by atoms with Crippen molar-refractivity contribution in [2.75, 3.05) is 11.5 Å². The molecule has 0 fully saturated rings. The van der Waals surface area contributed by atoms with Crippen molar-refractivity contribution < 1.29 is 9.15 Å². The van der Waals surface area contributed by atoms with Crippen LogP contribution in [0, 0.1) is 6.92 Å². The van der Waals surface area contributed by atoms with Crippen LogP contribution in [0.3, 0.4) is 0 Å². The molecule has 25 heavy (non-hydrogen) atoms. The average molecular weight is 331 g/mol. The summed E-state index contributed by atoms with van der Waals surface area (Å²) in [6, 6.07) is 14.0.